The Morgan fingerprint density at radius 2 is 1.24 bits per heavy atom. The maximum Gasteiger partial charge on any atom is 0.266 e. The molecule has 3 aromatic carbocycles. The first kappa shape index (κ1) is 18.6. The SMILES string of the molecule is O=C(NS(=O)(=O)c1ccc(N2C(=O)c3ccccc3C2=O)cc1)c1ccccc1. The molecule has 3 aromatic rings. The van der Waals surface area contributed by atoms with Crippen molar-refractivity contribution >= 4 is 33.4 Å². The third kappa shape index (κ3) is 3.30. The highest BCUT2D eigenvalue weighted by molar-refractivity contribution is 7.90. The maximum absolute atomic E-state index is 12.5. The highest BCUT2D eigenvalue weighted by Gasteiger charge is 2.36. The van der Waals surface area contributed by atoms with Gasteiger partial charge in [0.2, 0.25) is 0 Å². The van der Waals surface area contributed by atoms with Crippen molar-refractivity contribution in [2.45, 2.75) is 4.90 Å². The van der Waals surface area contributed by atoms with Crippen molar-refractivity contribution in [3.8, 4) is 0 Å². The minimum Gasteiger partial charge on any atom is -0.268 e. The molecule has 8 heteroatoms. The Kier molecular flexibility index (Phi) is 4.48. The molecule has 0 unspecified atom stereocenters. The van der Waals surface area contributed by atoms with Crippen LogP contribution in [0.2, 0.25) is 0 Å². The van der Waals surface area contributed by atoms with E-state index in [1.54, 1.807) is 42.5 Å². The Bertz CT molecular complexity index is 1200. The van der Waals surface area contributed by atoms with Gasteiger partial charge in [-0.05, 0) is 48.5 Å². The highest BCUT2D eigenvalue weighted by atomic mass is 32.2. The van der Waals surface area contributed by atoms with Gasteiger partial charge in [0.05, 0.1) is 21.7 Å². The third-order valence-electron chi connectivity index (χ3n) is 4.46. The Balaban J connectivity index is 1.58. The predicted molar refractivity (Wildman–Crippen MR) is 105 cm³/mol. The molecular formula is C21H14N2O5S. The van der Waals surface area contributed by atoms with Crippen LogP contribution in [0.3, 0.4) is 0 Å². The van der Waals surface area contributed by atoms with E-state index in [9.17, 15) is 22.8 Å². The van der Waals surface area contributed by atoms with Crippen LogP contribution in [0.5, 0.6) is 0 Å². The number of anilines is 1. The van der Waals surface area contributed by atoms with Crippen molar-refractivity contribution < 1.29 is 22.8 Å². The molecule has 0 saturated heterocycles. The Hall–Kier alpha value is -3.78. The lowest BCUT2D eigenvalue weighted by molar-refractivity contribution is 0.0923. The Morgan fingerprint density at radius 1 is 0.724 bits per heavy atom. The van der Waals surface area contributed by atoms with Gasteiger partial charge in [-0.3, -0.25) is 14.4 Å². The summed E-state index contributed by atoms with van der Waals surface area (Å²) in [5, 5.41) is 0. The van der Waals surface area contributed by atoms with Crippen LogP contribution in [0, 0.1) is 0 Å². The highest BCUT2D eigenvalue weighted by Crippen LogP contribution is 2.28. The van der Waals surface area contributed by atoms with Crippen LogP contribution >= 0.6 is 0 Å². The van der Waals surface area contributed by atoms with Gasteiger partial charge in [0.15, 0.2) is 0 Å². The number of carbonyl (C=O) groups excluding carboxylic acids is 3. The molecule has 7 nitrogen and oxygen atoms in total. The summed E-state index contributed by atoms with van der Waals surface area (Å²) in [5.41, 5.74) is 1.04. The summed E-state index contributed by atoms with van der Waals surface area (Å²) in [6.07, 6.45) is 0. The molecule has 29 heavy (non-hydrogen) atoms. The average Bonchev–Trinajstić information content (AvgIpc) is 2.99. The monoisotopic (exact) mass is 406 g/mol. The fourth-order valence-corrected chi connectivity index (χ4v) is 4.00. The normalized spacial score (nSPS) is 13.3. The molecule has 1 heterocycles. The summed E-state index contributed by atoms with van der Waals surface area (Å²) in [4.78, 5) is 38.0. The molecule has 0 saturated carbocycles. The van der Waals surface area contributed by atoms with E-state index >= 15 is 0 Å². The first-order valence-corrected chi connectivity index (χ1v) is 10.1. The number of benzene rings is 3. The van der Waals surface area contributed by atoms with E-state index < -0.39 is 27.7 Å². The van der Waals surface area contributed by atoms with Crippen molar-refractivity contribution in [1.29, 1.82) is 0 Å². The molecular weight excluding hydrogens is 392 g/mol. The minimum absolute atomic E-state index is 0.165. The quantitative estimate of drug-likeness (QED) is 0.671. The van der Waals surface area contributed by atoms with E-state index in [0.717, 1.165) is 4.90 Å². The van der Waals surface area contributed by atoms with Gasteiger partial charge >= 0.3 is 0 Å². The number of nitrogens with one attached hydrogen (secondary N) is 1. The van der Waals surface area contributed by atoms with Crippen molar-refractivity contribution in [1.82, 2.24) is 4.72 Å². The Labute approximate surface area is 166 Å². The number of imide groups is 1. The van der Waals surface area contributed by atoms with E-state index in [4.69, 9.17) is 0 Å². The van der Waals surface area contributed by atoms with E-state index in [1.165, 1.54) is 36.4 Å². The molecule has 1 N–H and O–H groups in total. The van der Waals surface area contributed by atoms with Crippen LogP contribution < -0.4 is 9.62 Å². The maximum atomic E-state index is 12.5. The zero-order chi connectivity index (χ0) is 20.6. The molecule has 0 bridgehead atoms. The molecule has 3 amide bonds. The second kappa shape index (κ2) is 6.99. The number of nitrogens with zero attached hydrogens (tertiary/aromatic N) is 1. The van der Waals surface area contributed by atoms with Crippen molar-refractivity contribution in [3.05, 3.63) is 95.6 Å². The summed E-state index contributed by atoms with van der Waals surface area (Å²) >= 11 is 0. The number of amides is 3. The molecule has 4 rings (SSSR count). The fourth-order valence-electron chi connectivity index (χ4n) is 3.03. The summed E-state index contributed by atoms with van der Waals surface area (Å²) in [5.74, 6) is -1.70. The number of hydrogen-bond donors (Lipinski definition) is 1. The second-order valence-corrected chi connectivity index (χ2v) is 7.97. The molecule has 1 aliphatic rings. The van der Waals surface area contributed by atoms with E-state index in [0.29, 0.717) is 11.1 Å². The Morgan fingerprint density at radius 3 is 1.79 bits per heavy atom. The van der Waals surface area contributed by atoms with Gasteiger partial charge in [0, 0.05) is 5.56 Å². The third-order valence-corrected chi connectivity index (χ3v) is 5.81. The lowest BCUT2D eigenvalue weighted by Gasteiger charge is -2.14. The van der Waals surface area contributed by atoms with Crippen LogP contribution in [0.1, 0.15) is 31.1 Å². The molecule has 0 spiro atoms. The first-order chi connectivity index (χ1) is 13.9. The topological polar surface area (TPSA) is 101 Å². The summed E-state index contributed by atoms with van der Waals surface area (Å²) in [6, 6.07) is 19.6. The molecule has 1 aliphatic heterocycles. The van der Waals surface area contributed by atoms with E-state index in [2.05, 4.69) is 0 Å². The van der Waals surface area contributed by atoms with Gasteiger partial charge in [-0.1, -0.05) is 30.3 Å². The van der Waals surface area contributed by atoms with Gasteiger partial charge in [-0.15, -0.1) is 0 Å². The number of fused-ring (bicyclic) bond motifs is 1. The van der Waals surface area contributed by atoms with Gasteiger partial charge < -0.3 is 0 Å². The van der Waals surface area contributed by atoms with Gasteiger partial charge in [0.25, 0.3) is 27.7 Å². The zero-order valence-corrected chi connectivity index (χ0v) is 15.7. The first-order valence-electron chi connectivity index (χ1n) is 8.58. The minimum atomic E-state index is -4.12. The summed E-state index contributed by atoms with van der Waals surface area (Å²) in [7, 11) is -4.12. The van der Waals surface area contributed by atoms with Gasteiger partial charge in [-0.2, -0.15) is 0 Å². The van der Waals surface area contributed by atoms with Crippen LogP contribution in [-0.4, -0.2) is 26.1 Å². The fraction of sp³-hybridized carbons (Fsp3) is 0. The predicted octanol–water partition coefficient (Wildman–Crippen LogP) is 2.61. The second-order valence-electron chi connectivity index (χ2n) is 6.29. The van der Waals surface area contributed by atoms with Crippen molar-refractivity contribution in [2.75, 3.05) is 4.90 Å². The van der Waals surface area contributed by atoms with E-state index in [-0.39, 0.29) is 16.1 Å². The number of carbonyl (C=O) groups is 3. The van der Waals surface area contributed by atoms with Crippen molar-refractivity contribution in [3.63, 3.8) is 0 Å². The van der Waals surface area contributed by atoms with Crippen LogP contribution in [0.25, 0.3) is 0 Å². The zero-order valence-electron chi connectivity index (χ0n) is 14.9. The average molecular weight is 406 g/mol. The largest absolute Gasteiger partial charge is 0.268 e. The van der Waals surface area contributed by atoms with Crippen molar-refractivity contribution in [2.24, 2.45) is 0 Å². The lowest BCUT2D eigenvalue weighted by Crippen LogP contribution is -2.31. The molecule has 0 fully saturated rings. The van der Waals surface area contributed by atoms with Crippen LogP contribution in [0.4, 0.5) is 5.69 Å². The van der Waals surface area contributed by atoms with E-state index in [1.807, 2.05) is 4.72 Å². The number of rotatable bonds is 4. The molecule has 0 aliphatic carbocycles. The smallest absolute Gasteiger partial charge is 0.266 e. The molecule has 0 radical (unpaired) electrons. The molecule has 0 atom stereocenters. The lowest BCUT2D eigenvalue weighted by atomic mass is 10.1. The van der Waals surface area contributed by atoms with Crippen LogP contribution in [-0.2, 0) is 10.0 Å². The summed E-state index contributed by atoms with van der Waals surface area (Å²) < 4.78 is 26.9. The number of sulfonamides is 1. The molecule has 0 aromatic heterocycles. The molecule has 144 valence electrons. The van der Waals surface area contributed by atoms with Crippen LogP contribution in [0.15, 0.2) is 83.8 Å². The van der Waals surface area contributed by atoms with Gasteiger partial charge in [-0.25, -0.2) is 18.0 Å². The summed E-state index contributed by atoms with van der Waals surface area (Å²) in [6.45, 7) is 0. The standard InChI is InChI=1S/C21H14N2O5S/c24-19(14-6-2-1-3-7-14)22-29(27,28)16-12-10-15(11-13-16)23-20(25)17-8-4-5-9-18(17)21(23)26/h1-13H,(H,22,24). The van der Waals surface area contributed by atoms with Gasteiger partial charge in [0.1, 0.15) is 0 Å². The number of hydrogen-bond acceptors (Lipinski definition) is 5.